The molecule has 2 heterocycles. The minimum absolute atomic E-state index is 0.0352. The third kappa shape index (κ3) is 3.33. The van der Waals surface area contributed by atoms with Crippen LogP contribution in [0.2, 0.25) is 0 Å². The number of hydrogen-bond donors (Lipinski definition) is 1. The maximum atomic E-state index is 11.6. The van der Waals surface area contributed by atoms with E-state index in [0.717, 1.165) is 24.3 Å². The van der Waals surface area contributed by atoms with Crippen LogP contribution in [0.15, 0.2) is 41.6 Å². The normalized spacial score (nSPS) is 44.3. The third-order valence-corrected chi connectivity index (χ3v) is 11.8. The van der Waals surface area contributed by atoms with Crippen LogP contribution in [0.25, 0.3) is 6.08 Å². The van der Waals surface area contributed by atoms with E-state index in [9.17, 15) is 5.11 Å². The van der Waals surface area contributed by atoms with Gasteiger partial charge in [0.1, 0.15) is 7.05 Å². The molecule has 0 radical (unpaired) electrons. The number of aliphatic hydroxyl groups is 1. The monoisotopic (exact) mass is 462 g/mol. The molecular weight excluding hydrogens is 416 g/mol. The number of fused-ring (bicyclic) bond motifs is 5. The summed E-state index contributed by atoms with van der Waals surface area (Å²) in [7, 11) is 4.65. The van der Waals surface area contributed by atoms with E-state index in [0.29, 0.717) is 11.3 Å². The molecule has 1 aromatic heterocycles. The molecular formula is C31H46N2O+2. The lowest BCUT2D eigenvalue weighted by Crippen LogP contribution is -2.56. The lowest BCUT2D eigenvalue weighted by Gasteiger charge is -2.58. The van der Waals surface area contributed by atoms with Crippen LogP contribution in [0.3, 0.4) is 0 Å². The minimum Gasteiger partial charge on any atom is -0.388 e. The van der Waals surface area contributed by atoms with Crippen LogP contribution < -0.4 is 4.57 Å². The Morgan fingerprint density at radius 1 is 1.06 bits per heavy atom. The van der Waals surface area contributed by atoms with Crippen molar-refractivity contribution in [1.82, 2.24) is 0 Å². The molecule has 3 nitrogen and oxygen atoms in total. The molecule has 3 unspecified atom stereocenters. The maximum absolute atomic E-state index is 11.6. The molecule has 3 saturated carbocycles. The molecule has 34 heavy (non-hydrogen) atoms. The van der Waals surface area contributed by atoms with E-state index in [1.54, 1.807) is 0 Å². The van der Waals surface area contributed by atoms with Crippen molar-refractivity contribution in [2.24, 2.45) is 35.6 Å². The van der Waals surface area contributed by atoms with Crippen molar-refractivity contribution in [1.29, 1.82) is 0 Å². The highest BCUT2D eigenvalue weighted by molar-refractivity contribution is 5.50. The number of hydrogen-bond acceptors (Lipinski definition) is 1. The highest BCUT2D eigenvalue weighted by Crippen LogP contribution is 2.66. The van der Waals surface area contributed by atoms with Crippen molar-refractivity contribution >= 4 is 6.08 Å². The van der Waals surface area contributed by atoms with Crippen LogP contribution >= 0.6 is 0 Å². The van der Waals surface area contributed by atoms with E-state index in [1.165, 1.54) is 80.2 Å². The van der Waals surface area contributed by atoms with Gasteiger partial charge < -0.3 is 9.59 Å². The van der Waals surface area contributed by atoms with Crippen molar-refractivity contribution in [2.45, 2.75) is 83.8 Å². The fourth-order valence-corrected chi connectivity index (χ4v) is 9.47. The van der Waals surface area contributed by atoms with Crippen molar-refractivity contribution in [3.63, 3.8) is 0 Å². The first-order valence-electron chi connectivity index (χ1n) is 14.1. The van der Waals surface area contributed by atoms with Gasteiger partial charge in [-0.2, -0.15) is 0 Å². The molecule has 7 atom stereocenters. The second-order valence-electron chi connectivity index (χ2n) is 13.4. The predicted octanol–water partition coefficient (Wildman–Crippen LogP) is 5.44. The van der Waals surface area contributed by atoms with Gasteiger partial charge in [0.15, 0.2) is 6.20 Å². The summed E-state index contributed by atoms with van der Waals surface area (Å²) in [4.78, 5) is 0. The zero-order chi connectivity index (χ0) is 23.7. The number of aliphatic hydroxyl groups excluding tert-OH is 1. The topological polar surface area (TPSA) is 24.1 Å². The van der Waals surface area contributed by atoms with Crippen LogP contribution in [0.4, 0.5) is 0 Å². The van der Waals surface area contributed by atoms with Gasteiger partial charge in [-0.05, 0) is 66.9 Å². The molecule has 1 N–H and O–H groups in total. The first kappa shape index (κ1) is 23.0. The number of allylic oxidation sites excluding steroid dienone is 1. The zero-order valence-corrected chi connectivity index (χ0v) is 22.0. The average molecular weight is 463 g/mol. The number of quaternary nitrogens is 1. The fraction of sp³-hybridized carbons (Fsp3) is 0.710. The Morgan fingerprint density at radius 3 is 2.62 bits per heavy atom. The minimum atomic E-state index is -0.299. The Hall–Kier alpha value is -1.45. The third-order valence-electron chi connectivity index (χ3n) is 11.8. The number of pyridine rings is 1. The molecule has 1 aliphatic heterocycles. The quantitative estimate of drug-likeness (QED) is 0.353. The SMILES string of the molecule is C[n+]1ccccc1/C=C1\CC2C3CC=C4C[C@@H]([N+]5(C)CCCC5)CC[C@]4(C)C3CC[C@]2(C)[C@H]1O. The van der Waals surface area contributed by atoms with Crippen molar-refractivity contribution in [3.05, 3.63) is 47.3 Å². The van der Waals surface area contributed by atoms with Gasteiger partial charge in [0.05, 0.1) is 32.3 Å². The molecule has 0 aromatic carbocycles. The molecule has 0 amide bonds. The van der Waals surface area contributed by atoms with E-state index < -0.39 is 0 Å². The fourth-order valence-electron chi connectivity index (χ4n) is 9.47. The highest BCUT2D eigenvalue weighted by Gasteiger charge is 2.60. The molecule has 4 fully saturated rings. The summed E-state index contributed by atoms with van der Waals surface area (Å²) in [6, 6.07) is 7.20. The second-order valence-corrected chi connectivity index (χ2v) is 13.4. The standard InChI is InChI=1S/C31H46N2O/c1-30-14-12-25(33(4)17-7-8-18-33)21-23(30)10-11-26-27(30)13-15-31(2)28(26)20-22(29(31)34)19-24-9-5-6-16-32(24)3/h5-6,9-10,16,19,25-29,34H,7-8,11-15,17-18,20-21H2,1-4H3/q+2/b22-19+/t25-,26?,27?,28?,29-,30-,31-/m0/s1. The van der Waals surface area contributed by atoms with Gasteiger partial charge in [-0.25, -0.2) is 4.57 Å². The Labute approximate surface area is 207 Å². The van der Waals surface area contributed by atoms with Gasteiger partial charge in [-0.1, -0.05) is 25.5 Å². The molecule has 4 aliphatic carbocycles. The first-order chi connectivity index (χ1) is 16.2. The van der Waals surface area contributed by atoms with Crippen LogP contribution in [-0.4, -0.2) is 41.9 Å². The number of likely N-dealkylation sites (tertiary alicyclic amines) is 1. The highest BCUT2D eigenvalue weighted by atomic mass is 16.3. The van der Waals surface area contributed by atoms with E-state index in [4.69, 9.17) is 0 Å². The maximum Gasteiger partial charge on any atom is 0.204 e. The van der Waals surface area contributed by atoms with Crippen LogP contribution in [-0.2, 0) is 7.05 Å². The van der Waals surface area contributed by atoms with Gasteiger partial charge in [0.2, 0.25) is 5.69 Å². The van der Waals surface area contributed by atoms with Gasteiger partial charge in [0.25, 0.3) is 0 Å². The van der Waals surface area contributed by atoms with E-state index in [2.05, 4.69) is 69.1 Å². The molecule has 5 aliphatic rings. The van der Waals surface area contributed by atoms with E-state index in [1.807, 2.05) is 5.57 Å². The summed E-state index contributed by atoms with van der Waals surface area (Å²) in [6.07, 6.45) is 18.6. The Bertz CT molecular complexity index is 1020. The molecule has 6 rings (SSSR count). The number of aromatic nitrogens is 1. The molecule has 1 aromatic rings. The largest absolute Gasteiger partial charge is 0.388 e. The van der Waals surface area contributed by atoms with Gasteiger partial charge >= 0.3 is 0 Å². The lowest BCUT2D eigenvalue weighted by molar-refractivity contribution is -0.923. The number of nitrogens with zero attached hydrogens (tertiary/aromatic N) is 2. The molecule has 184 valence electrons. The van der Waals surface area contributed by atoms with Gasteiger partial charge in [-0.3, -0.25) is 0 Å². The Morgan fingerprint density at radius 2 is 1.85 bits per heavy atom. The summed E-state index contributed by atoms with van der Waals surface area (Å²) in [5, 5.41) is 11.6. The summed E-state index contributed by atoms with van der Waals surface area (Å²) >= 11 is 0. The lowest BCUT2D eigenvalue weighted by atomic mass is 9.47. The van der Waals surface area contributed by atoms with Crippen molar-refractivity contribution < 1.29 is 14.2 Å². The summed E-state index contributed by atoms with van der Waals surface area (Å²) in [5.74, 6) is 2.14. The van der Waals surface area contributed by atoms with Gasteiger partial charge in [0, 0.05) is 49.3 Å². The zero-order valence-electron chi connectivity index (χ0n) is 22.0. The van der Waals surface area contributed by atoms with Crippen LogP contribution in [0, 0.1) is 28.6 Å². The summed E-state index contributed by atoms with van der Waals surface area (Å²) in [6.45, 7) is 7.83. The Kier molecular flexibility index (Phi) is 5.43. The van der Waals surface area contributed by atoms with Crippen LogP contribution in [0.1, 0.15) is 77.3 Å². The van der Waals surface area contributed by atoms with Crippen molar-refractivity contribution in [2.75, 3.05) is 20.1 Å². The summed E-state index contributed by atoms with van der Waals surface area (Å²) < 4.78 is 3.50. The number of aryl methyl sites for hydroxylation is 1. The molecule has 0 bridgehead atoms. The number of rotatable bonds is 2. The second kappa shape index (κ2) is 8.03. The molecule has 3 heteroatoms. The molecule has 0 spiro atoms. The first-order valence-corrected chi connectivity index (χ1v) is 14.1. The van der Waals surface area contributed by atoms with Gasteiger partial charge in [-0.15, -0.1) is 0 Å². The Balaban J connectivity index is 1.28. The van der Waals surface area contributed by atoms with Crippen molar-refractivity contribution in [3.8, 4) is 0 Å². The smallest absolute Gasteiger partial charge is 0.204 e. The van der Waals surface area contributed by atoms with E-state index in [-0.39, 0.29) is 11.5 Å². The predicted molar refractivity (Wildman–Crippen MR) is 138 cm³/mol. The van der Waals surface area contributed by atoms with Crippen LogP contribution in [0.5, 0.6) is 0 Å². The summed E-state index contributed by atoms with van der Waals surface area (Å²) in [5.41, 5.74) is 4.71. The molecule has 1 saturated heterocycles. The van der Waals surface area contributed by atoms with E-state index >= 15 is 0 Å². The average Bonchev–Trinajstić information content (AvgIpc) is 3.37.